The molecule has 0 bridgehead atoms. The SMILES string of the molecule is CCOC(=O)CC(NCCC(C)(C)OCC)c1ccc(OC)c(F)c1. The molecule has 0 radical (unpaired) electrons. The molecule has 1 unspecified atom stereocenters. The van der Waals surface area contributed by atoms with Crippen molar-refractivity contribution >= 4 is 5.97 Å². The van der Waals surface area contributed by atoms with Crippen LogP contribution in [0.25, 0.3) is 0 Å². The molecule has 0 aliphatic rings. The van der Waals surface area contributed by atoms with Crippen molar-refractivity contribution in [1.82, 2.24) is 5.32 Å². The van der Waals surface area contributed by atoms with Crippen molar-refractivity contribution in [2.75, 3.05) is 26.9 Å². The third kappa shape index (κ3) is 7.40. The van der Waals surface area contributed by atoms with E-state index in [4.69, 9.17) is 14.2 Å². The van der Waals surface area contributed by atoms with Crippen LogP contribution in [-0.2, 0) is 14.3 Å². The van der Waals surface area contributed by atoms with Crippen LogP contribution in [0.3, 0.4) is 0 Å². The van der Waals surface area contributed by atoms with E-state index < -0.39 is 5.82 Å². The Balaban J connectivity index is 2.82. The monoisotopic (exact) mass is 355 g/mol. The standard InChI is InChI=1S/C19H30FNO4/c1-6-24-18(22)13-16(21-11-10-19(3,4)25-7-2)14-8-9-17(23-5)15(20)12-14/h8-9,12,16,21H,6-7,10-11,13H2,1-5H3. The van der Waals surface area contributed by atoms with Gasteiger partial charge in [-0.2, -0.15) is 0 Å². The first-order valence-electron chi connectivity index (χ1n) is 8.69. The second-order valence-corrected chi connectivity index (χ2v) is 6.35. The number of nitrogens with one attached hydrogen (secondary N) is 1. The van der Waals surface area contributed by atoms with E-state index in [1.807, 2.05) is 20.8 Å². The predicted octanol–water partition coefficient (Wildman–Crippen LogP) is 3.62. The Kier molecular flexibility index (Phi) is 8.86. The second-order valence-electron chi connectivity index (χ2n) is 6.35. The maximum atomic E-state index is 14.0. The third-order valence-corrected chi connectivity index (χ3v) is 3.91. The van der Waals surface area contributed by atoms with E-state index in [0.29, 0.717) is 25.3 Å². The van der Waals surface area contributed by atoms with Crippen molar-refractivity contribution in [2.24, 2.45) is 0 Å². The van der Waals surface area contributed by atoms with Crippen molar-refractivity contribution in [2.45, 2.75) is 52.2 Å². The van der Waals surface area contributed by atoms with E-state index in [1.54, 1.807) is 19.1 Å². The first-order chi connectivity index (χ1) is 11.8. The highest BCUT2D eigenvalue weighted by atomic mass is 19.1. The molecule has 0 saturated carbocycles. The van der Waals surface area contributed by atoms with E-state index in [0.717, 1.165) is 6.42 Å². The predicted molar refractivity (Wildman–Crippen MR) is 95.3 cm³/mol. The molecule has 142 valence electrons. The number of hydrogen-bond donors (Lipinski definition) is 1. The molecule has 0 heterocycles. The lowest BCUT2D eigenvalue weighted by molar-refractivity contribution is -0.143. The molecular formula is C19H30FNO4. The fourth-order valence-electron chi connectivity index (χ4n) is 2.60. The fraction of sp³-hybridized carbons (Fsp3) is 0.632. The number of carbonyl (C=O) groups is 1. The summed E-state index contributed by atoms with van der Waals surface area (Å²) in [6, 6.07) is 4.38. The van der Waals surface area contributed by atoms with Gasteiger partial charge in [0.1, 0.15) is 0 Å². The van der Waals surface area contributed by atoms with Crippen LogP contribution >= 0.6 is 0 Å². The molecule has 1 N–H and O–H groups in total. The van der Waals surface area contributed by atoms with Gasteiger partial charge in [-0.15, -0.1) is 0 Å². The summed E-state index contributed by atoms with van der Waals surface area (Å²) in [7, 11) is 1.42. The molecule has 0 saturated heterocycles. The molecule has 0 amide bonds. The molecule has 0 fully saturated rings. The summed E-state index contributed by atoms with van der Waals surface area (Å²) < 4.78 is 29.7. The van der Waals surface area contributed by atoms with E-state index in [2.05, 4.69) is 5.32 Å². The normalized spacial score (nSPS) is 12.7. The number of benzene rings is 1. The molecule has 1 aromatic rings. The van der Waals surface area contributed by atoms with Crippen LogP contribution in [0.1, 0.15) is 52.1 Å². The largest absolute Gasteiger partial charge is 0.494 e. The van der Waals surface area contributed by atoms with Crippen LogP contribution in [-0.4, -0.2) is 38.4 Å². The van der Waals surface area contributed by atoms with Gasteiger partial charge >= 0.3 is 5.97 Å². The molecule has 0 aliphatic heterocycles. The average Bonchev–Trinajstić information content (AvgIpc) is 2.54. The van der Waals surface area contributed by atoms with Crippen LogP contribution in [0, 0.1) is 5.82 Å². The topological polar surface area (TPSA) is 56.8 Å². The number of esters is 1. The lowest BCUT2D eigenvalue weighted by Gasteiger charge is -2.26. The number of ether oxygens (including phenoxy) is 3. The number of carbonyl (C=O) groups excluding carboxylic acids is 1. The van der Waals surface area contributed by atoms with Crippen LogP contribution in [0.5, 0.6) is 5.75 Å². The minimum Gasteiger partial charge on any atom is -0.494 e. The number of halogens is 1. The molecule has 0 aliphatic carbocycles. The summed E-state index contributed by atoms with van der Waals surface area (Å²) in [5.74, 6) is -0.596. The van der Waals surface area contributed by atoms with Gasteiger partial charge in [-0.1, -0.05) is 6.07 Å². The summed E-state index contributed by atoms with van der Waals surface area (Å²) in [5, 5.41) is 3.32. The molecular weight excluding hydrogens is 325 g/mol. The summed E-state index contributed by atoms with van der Waals surface area (Å²) in [6.45, 7) is 9.35. The molecule has 1 atom stereocenters. The van der Waals surface area contributed by atoms with E-state index in [9.17, 15) is 9.18 Å². The Morgan fingerprint density at radius 2 is 2.00 bits per heavy atom. The molecule has 25 heavy (non-hydrogen) atoms. The van der Waals surface area contributed by atoms with Crippen molar-refractivity contribution < 1.29 is 23.4 Å². The summed E-state index contributed by atoms with van der Waals surface area (Å²) in [4.78, 5) is 11.9. The molecule has 1 rings (SSSR count). The van der Waals surface area contributed by atoms with E-state index in [1.165, 1.54) is 13.2 Å². The maximum absolute atomic E-state index is 14.0. The first kappa shape index (κ1) is 21.4. The van der Waals surface area contributed by atoms with Gasteiger partial charge in [0.2, 0.25) is 0 Å². The van der Waals surface area contributed by atoms with Crippen molar-refractivity contribution in [3.8, 4) is 5.75 Å². The zero-order chi connectivity index (χ0) is 18.9. The van der Waals surface area contributed by atoms with Gasteiger partial charge in [0.05, 0.1) is 25.7 Å². The summed E-state index contributed by atoms with van der Waals surface area (Å²) in [6.07, 6.45) is 0.896. The highest BCUT2D eigenvalue weighted by molar-refractivity contribution is 5.70. The molecule has 6 heteroatoms. The van der Waals surface area contributed by atoms with Gasteiger partial charge in [-0.3, -0.25) is 4.79 Å². The van der Waals surface area contributed by atoms with Crippen molar-refractivity contribution in [3.63, 3.8) is 0 Å². The minimum absolute atomic E-state index is 0.134. The minimum atomic E-state index is -0.453. The third-order valence-electron chi connectivity index (χ3n) is 3.91. The van der Waals surface area contributed by atoms with E-state index in [-0.39, 0.29) is 29.8 Å². The highest BCUT2D eigenvalue weighted by Gasteiger charge is 2.21. The Labute approximate surface area is 149 Å². The van der Waals surface area contributed by atoms with Crippen LogP contribution in [0.15, 0.2) is 18.2 Å². The zero-order valence-corrected chi connectivity index (χ0v) is 15.9. The van der Waals surface area contributed by atoms with Crippen LogP contribution in [0.2, 0.25) is 0 Å². The molecule has 0 spiro atoms. The Bertz CT molecular complexity index is 548. The van der Waals surface area contributed by atoms with Gasteiger partial charge in [0, 0.05) is 12.6 Å². The number of rotatable bonds is 11. The Hall–Kier alpha value is -1.66. The lowest BCUT2D eigenvalue weighted by Crippen LogP contribution is -2.32. The van der Waals surface area contributed by atoms with Gasteiger partial charge < -0.3 is 19.5 Å². The van der Waals surface area contributed by atoms with Crippen LogP contribution in [0.4, 0.5) is 4.39 Å². The smallest absolute Gasteiger partial charge is 0.307 e. The van der Waals surface area contributed by atoms with Gasteiger partial charge in [0.15, 0.2) is 11.6 Å². The van der Waals surface area contributed by atoms with Gasteiger partial charge in [-0.25, -0.2) is 4.39 Å². The Morgan fingerprint density at radius 1 is 1.28 bits per heavy atom. The number of methoxy groups -OCH3 is 1. The highest BCUT2D eigenvalue weighted by Crippen LogP contribution is 2.24. The van der Waals surface area contributed by atoms with E-state index >= 15 is 0 Å². The molecule has 0 aromatic heterocycles. The second kappa shape index (κ2) is 10.4. The molecule has 5 nitrogen and oxygen atoms in total. The average molecular weight is 355 g/mol. The maximum Gasteiger partial charge on any atom is 0.307 e. The quantitative estimate of drug-likeness (QED) is 0.615. The lowest BCUT2D eigenvalue weighted by atomic mass is 10.0. The van der Waals surface area contributed by atoms with Gasteiger partial charge in [-0.05, 0) is 58.4 Å². The van der Waals surface area contributed by atoms with Crippen molar-refractivity contribution in [3.05, 3.63) is 29.6 Å². The van der Waals surface area contributed by atoms with Crippen molar-refractivity contribution in [1.29, 1.82) is 0 Å². The zero-order valence-electron chi connectivity index (χ0n) is 15.9. The van der Waals surface area contributed by atoms with Gasteiger partial charge in [0.25, 0.3) is 0 Å². The van der Waals surface area contributed by atoms with Crippen LogP contribution < -0.4 is 10.1 Å². The molecule has 1 aromatic carbocycles. The summed E-state index contributed by atoms with van der Waals surface area (Å²) >= 11 is 0. The summed E-state index contributed by atoms with van der Waals surface area (Å²) in [5.41, 5.74) is 0.419. The Morgan fingerprint density at radius 3 is 2.56 bits per heavy atom. The number of hydrogen-bond acceptors (Lipinski definition) is 5. The fourth-order valence-corrected chi connectivity index (χ4v) is 2.60. The first-order valence-corrected chi connectivity index (χ1v) is 8.69.